The third kappa shape index (κ3) is 3.40. The average molecular weight is 367 g/mol. The topological polar surface area (TPSA) is 98.1 Å². The number of aromatic amines is 1. The molecule has 4 rings (SSSR count). The van der Waals surface area contributed by atoms with Crippen molar-refractivity contribution in [1.29, 1.82) is 0 Å². The van der Waals surface area contributed by atoms with Crippen LogP contribution in [0.1, 0.15) is 22.0 Å². The number of hydrogen-bond acceptors (Lipinski definition) is 4. The molecule has 2 unspecified atom stereocenters. The van der Waals surface area contributed by atoms with Gasteiger partial charge in [-0.15, -0.1) is 0 Å². The molecule has 138 valence electrons. The number of hydrazine groups is 2. The van der Waals surface area contributed by atoms with Crippen molar-refractivity contribution >= 4 is 22.7 Å². The lowest BCUT2D eigenvalue weighted by molar-refractivity contribution is -0.125. The summed E-state index contributed by atoms with van der Waals surface area (Å²) in [5.74, 6) is -1.54. The number of rotatable bonds is 3. The van der Waals surface area contributed by atoms with Crippen LogP contribution in [0.5, 0.6) is 0 Å². The Hall–Kier alpha value is -3.23. The summed E-state index contributed by atoms with van der Waals surface area (Å²) in [6, 6.07) is 13.1. The molecule has 1 saturated heterocycles. The van der Waals surface area contributed by atoms with Gasteiger partial charge in [-0.1, -0.05) is 30.3 Å². The number of amides is 2. The van der Waals surface area contributed by atoms with E-state index in [-0.39, 0.29) is 17.8 Å². The average Bonchev–Trinajstić information content (AvgIpc) is 3.33. The van der Waals surface area contributed by atoms with Gasteiger partial charge in [0.15, 0.2) is 0 Å². The Morgan fingerprint density at radius 3 is 2.63 bits per heavy atom. The van der Waals surface area contributed by atoms with E-state index in [1.807, 2.05) is 24.3 Å². The minimum absolute atomic E-state index is 0.324. The van der Waals surface area contributed by atoms with E-state index in [1.54, 1.807) is 18.3 Å². The summed E-state index contributed by atoms with van der Waals surface area (Å²) in [5, 5.41) is 0.776. The summed E-state index contributed by atoms with van der Waals surface area (Å²) in [6.45, 7) is 0.386. The van der Waals surface area contributed by atoms with E-state index >= 15 is 0 Å². The molecule has 1 fully saturated rings. The minimum Gasteiger partial charge on any atom is -0.360 e. The Labute approximate surface area is 154 Å². The van der Waals surface area contributed by atoms with Crippen LogP contribution in [0.25, 0.3) is 10.9 Å². The molecule has 0 radical (unpaired) electrons. The van der Waals surface area contributed by atoms with Crippen molar-refractivity contribution < 1.29 is 14.0 Å². The Kier molecular flexibility index (Phi) is 4.57. The smallest absolute Gasteiger partial charge is 0.271 e. The van der Waals surface area contributed by atoms with E-state index in [1.165, 1.54) is 12.1 Å². The molecule has 1 aliphatic heterocycles. The van der Waals surface area contributed by atoms with Gasteiger partial charge in [0.2, 0.25) is 5.91 Å². The van der Waals surface area contributed by atoms with Crippen LogP contribution in [0, 0.1) is 11.7 Å². The van der Waals surface area contributed by atoms with E-state index in [2.05, 4.69) is 26.7 Å². The molecule has 8 heteroatoms. The Balaban J connectivity index is 1.42. The van der Waals surface area contributed by atoms with Gasteiger partial charge >= 0.3 is 0 Å². The normalized spacial score (nSPS) is 19.1. The predicted molar refractivity (Wildman–Crippen MR) is 97.7 cm³/mol. The molecule has 27 heavy (non-hydrogen) atoms. The third-order valence-corrected chi connectivity index (χ3v) is 4.68. The highest BCUT2D eigenvalue weighted by molar-refractivity contribution is 6.07. The van der Waals surface area contributed by atoms with Crippen LogP contribution in [-0.2, 0) is 4.79 Å². The van der Waals surface area contributed by atoms with E-state index in [4.69, 9.17) is 0 Å². The molecule has 0 aliphatic carbocycles. The van der Waals surface area contributed by atoms with Crippen LogP contribution >= 0.6 is 0 Å². The SMILES string of the molecule is O=C(NNC(=O)C1CNNC1c1ccc(F)cc1)c1c[nH]c2ccccc12. The van der Waals surface area contributed by atoms with Gasteiger partial charge in [-0.2, -0.15) is 0 Å². The fourth-order valence-corrected chi connectivity index (χ4v) is 3.26. The van der Waals surface area contributed by atoms with Crippen molar-refractivity contribution in [3.05, 3.63) is 71.7 Å². The van der Waals surface area contributed by atoms with E-state index in [9.17, 15) is 14.0 Å². The lowest BCUT2D eigenvalue weighted by atomic mass is 9.94. The highest BCUT2D eigenvalue weighted by Gasteiger charge is 2.34. The number of benzene rings is 2. The zero-order chi connectivity index (χ0) is 18.8. The first-order valence-electron chi connectivity index (χ1n) is 8.53. The van der Waals surface area contributed by atoms with E-state index < -0.39 is 11.8 Å². The van der Waals surface area contributed by atoms with Crippen LogP contribution < -0.4 is 21.7 Å². The van der Waals surface area contributed by atoms with Gasteiger partial charge in [0.25, 0.3) is 5.91 Å². The molecule has 0 spiro atoms. The maximum atomic E-state index is 13.1. The molecule has 2 heterocycles. The van der Waals surface area contributed by atoms with Gasteiger partial charge in [-0.25, -0.2) is 9.82 Å². The first-order valence-corrected chi connectivity index (χ1v) is 8.53. The molecule has 1 aliphatic rings. The van der Waals surface area contributed by atoms with Crippen molar-refractivity contribution in [1.82, 2.24) is 26.7 Å². The number of carbonyl (C=O) groups is 2. The van der Waals surface area contributed by atoms with Crippen molar-refractivity contribution in [2.45, 2.75) is 6.04 Å². The van der Waals surface area contributed by atoms with Crippen LogP contribution in [0.2, 0.25) is 0 Å². The fraction of sp³-hybridized carbons (Fsp3) is 0.158. The summed E-state index contributed by atoms with van der Waals surface area (Å²) < 4.78 is 13.1. The zero-order valence-corrected chi connectivity index (χ0v) is 14.3. The standard InChI is InChI=1S/C19H18FN5O2/c20-12-7-5-11(6-8-12)17-15(10-22-23-17)19(27)25-24-18(26)14-9-21-16-4-2-1-3-13(14)16/h1-9,15,17,21-23H,10H2,(H,24,26)(H,25,27). The molecule has 2 aromatic carbocycles. The van der Waals surface area contributed by atoms with Crippen LogP contribution in [0.4, 0.5) is 4.39 Å². The lowest BCUT2D eigenvalue weighted by Gasteiger charge is -2.18. The number of fused-ring (bicyclic) bond motifs is 1. The third-order valence-electron chi connectivity index (χ3n) is 4.68. The molecule has 2 amide bonds. The maximum Gasteiger partial charge on any atom is 0.271 e. The van der Waals surface area contributed by atoms with Gasteiger partial charge in [0.1, 0.15) is 5.82 Å². The molecule has 0 saturated carbocycles. The highest BCUT2D eigenvalue weighted by Crippen LogP contribution is 2.25. The van der Waals surface area contributed by atoms with Crippen molar-refractivity contribution in [2.75, 3.05) is 6.54 Å². The second-order valence-electron chi connectivity index (χ2n) is 6.35. The van der Waals surface area contributed by atoms with E-state index in [0.717, 1.165) is 16.5 Å². The molecule has 5 N–H and O–H groups in total. The first-order chi connectivity index (χ1) is 13.1. The predicted octanol–water partition coefficient (Wildman–Crippen LogP) is 1.53. The summed E-state index contributed by atoms with van der Waals surface area (Å²) in [6.07, 6.45) is 1.60. The summed E-state index contributed by atoms with van der Waals surface area (Å²) >= 11 is 0. The van der Waals surface area contributed by atoms with Crippen molar-refractivity contribution in [2.24, 2.45) is 5.92 Å². The Bertz CT molecular complexity index is 985. The van der Waals surface area contributed by atoms with Crippen molar-refractivity contribution in [3.63, 3.8) is 0 Å². The minimum atomic E-state index is -0.460. The second-order valence-corrected chi connectivity index (χ2v) is 6.35. The molecule has 3 aromatic rings. The number of aromatic nitrogens is 1. The molecular weight excluding hydrogens is 349 g/mol. The van der Waals surface area contributed by atoms with Gasteiger partial charge in [0, 0.05) is 23.6 Å². The quantitative estimate of drug-likeness (QED) is 0.454. The van der Waals surface area contributed by atoms with Gasteiger partial charge in [0.05, 0.1) is 17.5 Å². The maximum absolute atomic E-state index is 13.1. The zero-order valence-electron chi connectivity index (χ0n) is 14.3. The molecular formula is C19H18FN5O2. The fourth-order valence-electron chi connectivity index (χ4n) is 3.26. The van der Waals surface area contributed by atoms with Gasteiger partial charge in [-0.05, 0) is 23.8 Å². The van der Waals surface area contributed by atoms with E-state index in [0.29, 0.717) is 12.1 Å². The Morgan fingerprint density at radius 1 is 1.04 bits per heavy atom. The second kappa shape index (κ2) is 7.18. The van der Waals surface area contributed by atoms with Crippen LogP contribution in [0.3, 0.4) is 0 Å². The summed E-state index contributed by atoms with van der Waals surface area (Å²) in [7, 11) is 0. The summed E-state index contributed by atoms with van der Waals surface area (Å²) in [5.41, 5.74) is 13.0. The molecule has 7 nitrogen and oxygen atoms in total. The Morgan fingerprint density at radius 2 is 1.81 bits per heavy atom. The highest BCUT2D eigenvalue weighted by atomic mass is 19.1. The van der Waals surface area contributed by atoms with Gasteiger partial charge < -0.3 is 4.98 Å². The summed E-state index contributed by atoms with van der Waals surface area (Å²) in [4.78, 5) is 28.0. The van der Waals surface area contributed by atoms with Crippen LogP contribution in [-0.4, -0.2) is 23.3 Å². The van der Waals surface area contributed by atoms with Crippen LogP contribution in [0.15, 0.2) is 54.7 Å². The number of para-hydroxylation sites is 1. The number of H-pyrrole nitrogens is 1. The molecule has 1 aromatic heterocycles. The largest absolute Gasteiger partial charge is 0.360 e. The van der Waals surface area contributed by atoms with Crippen molar-refractivity contribution in [3.8, 4) is 0 Å². The molecule has 2 atom stereocenters. The number of carbonyl (C=O) groups excluding carboxylic acids is 2. The first kappa shape index (κ1) is 17.2. The van der Waals surface area contributed by atoms with Gasteiger partial charge in [-0.3, -0.25) is 25.9 Å². The number of nitrogens with one attached hydrogen (secondary N) is 5. The molecule has 0 bridgehead atoms. The number of hydrogen-bond donors (Lipinski definition) is 5. The lowest BCUT2D eigenvalue weighted by Crippen LogP contribution is -2.46. The number of halogens is 1. The monoisotopic (exact) mass is 367 g/mol.